The summed E-state index contributed by atoms with van der Waals surface area (Å²) in [5.41, 5.74) is 0. The van der Waals surface area contributed by atoms with Crippen LogP contribution in [0.3, 0.4) is 0 Å². The van der Waals surface area contributed by atoms with Gasteiger partial charge < -0.3 is 0 Å². The Morgan fingerprint density at radius 1 is 0.700 bits per heavy atom. The minimum atomic E-state index is 0. The van der Waals surface area contributed by atoms with Crippen LogP contribution in [-0.2, 0) is 0 Å². The van der Waals surface area contributed by atoms with Crippen LogP contribution in [0.2, 0.25) is 8.55 Å². The van der Waals surface area contributed by atoms with Crippen LogP contribution in [-0.4, -0.2) is 15.2 Å². The molecule has 2 heteroatoms. The van der Waals surface area contributed by atoms with Gasteiger partial charge in [-0.15, -0.1) is 0 Å². The molecule has 0 saturated carbocycles. The van der Waals surface area contributed by atoms with Crippen molar-refractivity contribution in [2.45, 2.75) is 50.1 Å². The quantitative estimate of drug-likeness (QED) is 0.478. The molecule has 0 fully saturated rings. The highest BCUT2D eigenvalue weighted by molar-refractivity contribution is 6.43. The van der Waals surface area contributed by atoms with E-state index >= 15 is 0 Å². The van der Waals surface area contributed by atoms with Gasteiger partial charge >= 0.3 is 0 Å². The van der Waals surface area contributed by atoms with Crippen molar-refractivity contribution in [2.75, 3.05) is 0 Å². The zero-order chi connectivity index (χ0) is 7.71. The molecule has 0 atom stereocenters. The summed E-state index contributed by atoms with van der Waals surface area (Å²) < 4.78 is 1.14. The van der Waals surface area contributed by atoms with Gasteiger partial charge in [-0.25, -0.2) is 0 Å². The minimum Gasteiger partial charge on any atom is -0.269 e. The van der Waals surface area contributed by atoms with Crippen molar-refractivity contribution in [3.63, 3.8) is 0 Å². The molecule has 0 amide bonds. The largest absolute Gasteiger partial charge is 0.269 e. The average molecular weight is 161 g/mol. The summed E-state index contributed by atoms with van der Waals surface area (Å²) in [4.78, 5) is 0. The third kappa shape index (κ3) is 11.3. The molecule has 0 N–H and O–H groups in total. The van der Waals surface area contributed by atoms with E-state index in [2.05, 4.69) is 41.5 Å². The van der Waals surface area contributed by atoms with Gasteiger partial charge in [-0.2, -0.15) is 0 Å². The van der Waals surface area contributed by atoms with Gasteiger partial charge in [0.05, 0.1) is 0 Å². The number of halogens is 1. The van der Waals surface area contributed by atoms with Crippen molar-refractivity contribution in [1.82, 2.24) is 0 Å². The van der Waals surface area contributed by atoms with E-state index in [1.807, 2.05) is 0 Å². The van der Waals surface area contributed by atoms with Crippen molar-refractivity contribution < 1.29 is 4.70 Å². The molecule has 1 radical (unpaired) electrons. The first-order chi connectivity index (χ1) is 3.71. The molecule has 0 nitrogen and oxygen atoms in total. The van der Waals surface area contributed by atoms with Crippen LogP contribution in [0.15, 0.2) is 0 Å². The summed E-state index contributed by atoms with van der Waals surface area (Å²) in [6, 6.07) is 0. The fraction of sp³-hybridized carbons (Fsp3) is 1.00. The molecule has 10 heavy (non-hydrogen) atoms. The zero-order valence-electron chi connectivity index (χ0n) is 7.99. The molecule has 0 aromatic rings. The molecular formula is C8H19AlF. The van der Waals surface area contributed by atoms with Crippen LogP contribution in [0, 0.1) is 0 Å². The van der Waals surface area contributed by atoms with Crippen LogP contribution in [0.1, 0.15) is 41.5 Å². The molecule has 0 aliphatic rings. The minimum absolute atomic E-state index is 0. The van der Waals surface area contributed by atoms with Gasteiger partial charge in [0.2, 0.25) is 15.2 Å². The van der Waals surface area contributed by atoms with E-state index in [0.29, 0.717) is 23.8 Å². The van der Waals surface area contributed by atoms with E-state index in [4.69, 9.17) is 0 Å². The summed E-state index contributed by atoms with van der Waals surface area (Å²) in [5.74, 6) is 0. The highest BCUT2D eigenvalue weighted by Crippen LogP contribution is 2.33. The first-order valence-corrected chi connectivity index (χ1v) is 4.73. The average Bonchev–Trinajstić information content (AvgIpc) is 1.14. The third-order valence-corrected chi connectivity index (χ3v) is 2.60. The van der Waals surface area contributed by atoms with E-state index in [1.54, 1.807) is 0 Å². The van der Waals surface area contributed by atoms with Crippen molar-refractivity contribution in [3.8, 4) is 0 Å². The van der Waals surface area contributed by atoms with E-state index in [-0.39, 0.29) is 4.70 Å². The van der Waals surface area contributed by atoms with Gasteiger partial charge in [0, 0.05) is 0 Å². The molecule has 0 saturated heterocycles. The van der Waals surface area contributed by atoms with Crippen LogP contribution in [0.4, 0.5) is 4.70 Å². The highest BCUT2D eigenvalue weighted by Gasteiger charge is 2.22. The monoisotopic (exact) mass is 161 g/mol. The molecule has 61 valence electrons. The summed E-state index contributed by atoms with van der Waals surface area (Å²) >= 11 is 0.569. The second kappa shape index (κ2) is 3.74. The van der Waals surface area contributed by atoms with Gasteiger partial charge in [-0.3, -0.25) is 4.70 Å². The number of rotatable bonds is 0. The summed E-state index contributed by atoms with van der Waals surface area (Å²) in [6.45, 7) is 14.0. The normalized spacial score (nSPS) is 12.2. The lowest BCUT2D eigenvalue weighted by Gasteiger charge is -2.26. The predicted molar refractivity (Wildman–Crippen MR) is 47.7 cm³/mol. The second-order valence-electron chi connectivity index (χ2n) is 4.88. The Balaban J connectivity index is 0. The smallest absolute Gasteiger partial charge is 0.218 e. The van der Waals surface area contributed by atoms with Gasteiger partial charge in [0.25, 0.3) is 0 Å². The lowest BCUT2D eigenvalue weighted by molar-refractivity contribution is 0.668. The van der Waals surface area contributed by atoms with Crippen molar-refractivity contribution in [2.24, 2.45) is 0 Å². The maximum Gasteiger partial charge on any atom is 0.218 e. The standard InChI is InChI=1S/2C4H9.Al.FH/c2*1-4(2)3;;/h2*1-3H3;;1H. The molecule has 0 heterocycles. The topological polar surface area (TPSA) is 0 Å². The Morgan fingerprint density at radius 3 is 0.900 bits per heavy atom. The Morgan fingerprint density at radius 2 is 0.900 bits per heavy atom. The Labute approximate surface area is 70.5 Å². The van der Waals surface area contributed by atoms with E-state index in [0.717, 1.165) is 0 Å². The fourth-order valence-corrected chi connectivity index (χ4v) is 3.90. The Kier molecular flexibility index (Phi) is 4.89. The first kappa shape index (κ1) is 13.1. The molecule has 0 aliphatic heterocycles. The lowest BCUT2D eigenvalue weighted by Crippen LogP contribution is -2.18. The molecule has 0 bridgehead atoms. The highest BCUT2D eigenvalue weighted by atomic mass is 27.1. The first-order valence-electron chi connectivity index (χ1n) is 3.58. The van der Waals surface area contributed by atoms with Crippen LogP contribution in [0.5, 0.6) is 0 Å². The predicted octanol–water partition coefficient (Wildman–Crippen LogP) is 3.28. The molecular weight excluding hydrogens is 142 g/mol. The number of hydrogen-bond donors (Lipinski definition) is 0. The summed E-state index contributed by atoms with van der Waals surface area (Å²) in [7, 11) is 0. The summed E-state index contributed by atoms with van der Waals surface area (Å²) in [5, 5.41) is 0. The van der Waals surface area contributed by atoms with E-state index in [9.17, 15) is 0 Å². The van der Waals surface area contributed by atoms with Crippen molar-refractivity contribution in [3.05, 3.63) is 0 Å². The van der Waals surface area contributed by atoms with Gasteiger partial charge in [-0.1, -0.05) is 50.1 Å². The third-order valence-electron chi connectivity index (χ3n) is 0.866. The zero-order valence-corrected chi connectivity index (χ0v) is 9.14. The molecule has 0 aliphatic carbocycles. The Hall–Kier alpha value is 0.462. The maximum atomic E-state index is 2.33. The maximum absolute atomic E-state index is 2.33. The van der Waals surface area contributed by atoms with Crippen LogP contribution in [0.25, 0.3) is 0 Å². The van der Waals surface area contributed by atoms with E-state index < -0.39 is 0 Å². The molecule has 0 unspecified atom stereocenters. The van der Waals surface area contributed by atoms with Crippen molar-refractivity contribution in [1.29, 1.82) is 0 Å². The van der Waals surface area contributed by atoms with Crippen molar-refractivity contribution >= 4 is 15.2 Å². The van der Waals surface area contributed by atoms with Gasteiger partial charge in [0.1, 0.15) is 0 Å². The molecule has 0 aromatic carbocycles. The lowest BCUT2D eigenvalue weighted by atomic mass is 10.2. The second-order valence-corrected chi connectivity index (χ2v) is 8.63. The SMILES string of the molecule is C[C](C)(C)[Al][C](C)(C)C.F. The molecule has 0 rings (SSSR count). The van der Waals surface area contributed by atoms with Gasteiger partial charge in [-0.05, 0) is 0 Å². The van der Waals surface area contributed by atoms with Gasteiger partial charge in [0.15, 0.2) is 0 Å². The van der Waals surface area contributed by atoms with E-state index in [1.165, 1.54) is 0 Å². The fourth-order valence-electron chi connectivity index (χ4n) is 1.30. The Bertz CT molecular complexity index is 74.4. The summed E-state index contributed by atoms with van der Waals surface area (Å²) in [6.07, 6.45) is 0. The van der Waals surface area contributed by atoms with Crippen LogP contribution >= 0.6 is 0 Å². The molecule has 0 spiro atoms. The van der Waals surface area contributed by atoms with Crippen LogP contribution < -0.4 is 0 Å². The molecule has 0 aromatic heterocycles. The number of hydrogen-bond acceptors (Lipinski definition) is 0.